The van der Waals surface area contributed by atoms with Gasteiger partial charge in [0.05, 0.1) is 7.11 Å². The van der Waals surface area contributed by atoms with Crippen molar-refractivity contribution in [1.29, 1.82) is 0 Å². The van der Waals surface area contributed by atoms with Crippen LogP contribution >= 0.6 is 0 Å². The number of likely N-dealkylation sites (tertiary alicyclic amines) is 1. The number of nitrogens with zero attached hydrogens (tertiary/aromatic N) is 1. The Morgan fingerprint density at radius 3 is 2.65 bits per heavy atom. The first kappa shape index (κ1) is 12.4. The Kier molecular flexibility index (Phi) is 4.02. The zero-order valence-corrected chi connectivity index (χ0v) is 10.7. The summed E-state index contributed by atoms with van der Waals surface area (Å²) in [6, 6.07) is 8.92. The standard InChI is InChI=1S/C14H22N2O/c1-3-16-10-4-5-13(15)14(16)11-6-8-12(17-2)9-7-11/h6-9,13-14H,3-5,10,15H2,1-2H3. The lowest BCUT2D eigenvalue weighted by molar-refractivity contribution is 0.136. The van der Waals surface area contributed by atoms with Crippen molar-refractivity contribution in [3.63, 3.8) is 0 Å². The molecule has 1 saturated heterocycles. The van der Waals surface area contributed by atoms with Gasteiger partial charge in [-0.05, 0) is 43.6 Å². The molecular weight excluding hydrogens is 212 g/mol. The molecule has 1 aliphatic rings. The van der Waals surface area contributed by atoms with Crippen molar-refractivity contribution in [2.75, 3.05) is 20.2 Å². The summed E-state index contributed by atoms with van der Waals surface area (Å²) >= 11 is 0. The lowest BCUT2D eigenvalue weighted by Crippen LogP contribution is -2.45. The van der Waals surface area contributed by atoms with E-state index in [0.717, 1.165) is 25.3 Å². The molecule has 2 rings (SSSR count). The monoisotopic (exact) mass is 234 g/mol. The van der Waals surface area contributed by atoms with Crippen molar-refractivity contribution in [1.82, 2.24) is 4.90 Å². The van der Waals surface area contributed by atoms with E-state index in [9.17, 15) is 0 Å². The number of nitrogens with two attached hydrogens (primary N) is 1. The minimum Gasteiger partial charge on any atom is -0.497 e. The van der Waals surface area contributed by atoms with E-state index in [1.54, 1.807) is 7.11 Å². The molecular formula is C14H22N2O. The van der Waals surface area contributed by atoms with Crippen LogP contribution in [-0.2, 0) is 0 Å². The van der Waals surface area contributed by atoms with E-state index in [1.807, 2.05) is 12.1 Å². The summed E-state index contributed by atoms with van der Waals surface area (Å²) in [6.07, 6.45) is 2.33. The number of rotatable bonds is 3. The largest absolute Gasteiger partial charge is 0.497 e. The fourth-order valence-corrected chi connectivity index (χ4v) is 2.71. The molecule has 0 saturated carbocycles. The van der Waals surface area contributed by atoms with Gasteiger partial charge in [-0.3, -0.25) is 4.90 Å². The highest BCUT2D eigenvalue weighted by atomic mass is 16.5. The summed E-state index contributed by atoms with van der Waals surface area (Å²) in [4.78, 5) is 2.47. The summed E-state index contributed by atoms with van der Waals surface area (Å²) in [5, 5.41) is 0. The minimum atomic E-state index is 0.247. The average molecular weight is 234 g/mol. The van der Waals surface area contributed by atoms with Gasteiger partial charge in [0.15, 0.2) is 0 Å². The quantitative estimate of drug-likeness (QED) is 0.871. The van der Waals surface area contributed by atoms with E-state index in [1.165, 1.54) is 12.0 Å². The molecule has 0 aromatic heterocycles. The molecule has 1 aromatic rings. The first-order chi connectivity index (χ1) is 8.26. The molecule has 1 aliphatic heterocycles. The first-order valence-electron chi connectivity index (χ1n) is 6.40. The lowest BCUT2D eigenvalue weighted by atomic mass is 9.91. The van der Waals surface area contributed by atoms with Gasteiger partial charge in [0.1, 0.15) is 5.75 Å². The van der Waals surface area contributed by atoms with Crippen LogP contribution in [0.3, 0.4) is 0 Å². The third-order valence-corrected chi connectivity index (χ3v) is 3.65. The second kappa shape index (κ2) is 5.52. The molecule has 2 atom stereocenters. The molecule has 17 heavy (non-hydrogen) atoms. The van der Waals surface area contributed by atoms with Crippen LogP contribution in [0, 0.1) is 0 Å². The smallest absolute Gasteiger partial charge is 0.118 e. The van der Waals surface area contributed by atoms with Crippen molar-refractivity contribution >= 4 is 0 Å². The van der Waals surface area contributed by atoms with Crippen molar-refractivity contribution in [2.24, 2.45) is 5.73 Å². The summed E-state index contributed by atoms with van der Waals surface area (Å²) in [6.45, 7) is 4.42. The zero-order chi connectivity index (χ0) is 12.3. The molecule has 1 fully saturated rings. The molecule has 0 bridgehead atoms. The molecule has 1 heterocycles. The number of likely N-dealkylation sites (N-methyl/N-ethyl adjacent to an activating group) is 1. The maximum Gasteiger partial charge on any atom is 0.118 e. The van der Waals surface area contributed by atoms with Gasteiger partial charge in [-0.25, -0.2) is 0 Å². The number of benzene rings is 1. The Balaban J connectivity index is 2.21. The van der Waals surface area contributed by atoms with E-state index in [0.29, 0.717) is 6.04 Å². The Morgan fingerprint density at radius 2 is 2.06 bits per heavy atom. The number of hydrogen-bond acceptors (Lipinski definition) is 3. The van der Waals surface area contributed by atoms with Gasteiger partial charge in [-0.15, -0.1) is 0 Å². The number of hydrogen-bond donors (Lipinski definition) is 1. The number of methoxy groups -OCH3 is 1. The van der Waals surface area contributed by atoms with Crippen LogP contribution in [0.2, 0.25) is 0 Å². The zero-order valence-electron chi connectivity index (χ0n) is 10.7. The highest BCUT2D eigenvalue weighted by Crippen LogP contribution is 2.30. The minimum absolute atomic E-state index is 0.247. The maximum absolute atomic E-state index is 6.27. The van der Waals surface area contributed by atoms with Crippen LogP contribution in [0.1, 0.15) is 31.4 Å². The Bertz CT molecular complexity index is 350. The van der Waals surface area contributed by atoms with Crippen molar-refractivity contribution < 1.29 is 4.74 Å². The number of ether oxygens (including phenoxy) is 1. The Labute approximate surface area is 104 Å². The van der Waals surface area contributed by atoms with Crippen LogP contribution < -0.4 is 10.5 Å². The highest BCUT2D eigenvalue weighted by molar-refractivity contribution is 5.30. The first-order valence-corrected chi connectivity index (χ1v) is 6.40. The third kappa shape index (κ3) is 2.61. The van der Waals surface area contributed by atoms with Crippen LogP contribution in [0.15, 0.2) is 24.3 Å². The molecule has 0 radical (unpaired) electrons. The van der Waals surface area contributed by atoms with Crippen LogP contribution in [-0.4, -0.2) is 31.1 Å². The molecule has 94 valence electrons. The van der Waals surface area contributed by atoms with Gasteiger partial charge in [0.2, 0.25) is 0 Å². The third-order valence-electron chi connectivity index (χ3n) is 3.65. The van der Waals surface area contributed by atoms with E-state index in [-0.39, 0.29) is 6.04 Å². The van der Waals surface area contributed by atoms with Crippen molar-refractivity contribution in [3.8, 4) is 5.75 Å². The van der Waals surface area contributed by atoms with Gasteiger partial charge in [-0.2, -0.15) is 0 Å². The summed E-state index contributed by atoms with van der Waals surface area (Å²) in [5.74, 6) is 0.904. The van der Waals surface area contributed by atoms with E-state index >= 15 is 0 Å². The van der Waals surface area contributed by atoms with Crippen molar-refractivity contribution in [2.45, 2.75) is 31.8 Å². The lowest BCUT2D eigenvalue weighted by Gasteiger charge is -2.39. The molecule has 1 aromatic carbocycles. The SMILES string of the molecule is CCN1CCCC(N)C1c1ccc(OC)cc1. The second-order valence-electron chi connectivity index (χ2n) is 4.65. The van der Waals surface area contributed by atoms with Gasteiger partial charge in [0.25, 0.3) is 0 Å². The molecule has 2 unspecified atom stereocenters. The molecule has 0 aliphatic carbocycles. The number of piperidine rings is 1. The summed E-state index contributed by atoms with van der Waals surface area (Å²) < 4.78 is 5.19. The van der Waals surface area contributed by atoms with Gasteiger partial charge >= 0.3 is 0 Å². The van der Waals surface area contributed by atoms with Crippen LogP contribution in [0.5, 0.6) is 5.75 Å². The fraction of sp³-hybridized carbons (Fsp3) is 0.571. The molecule has 3 nitrogen and oxygen atoms in total. The average Bonchev–Trinajstić information content (AvgIpc) is 2.38. The van der Waals surface area contributed by atoms with Gasteiger partial charge in [0, 0.05) is 12.1 Å². The Hall–Kier alpha value is -1.06. The van der Waals surface area contributed by atoms with Gasteiger partial charge < -0.3 is 10.5 Å². The van der Waals surface area contributed by atoms with Crippen molar-refractivity contribution in [3.05, 3.63) is 29.8 Å². The van der Waals surface area contributed by atoms with Crippen LogP contribution in [0.4, 0.5) is 0 Å². The van der Waals surface area contributed by atoms with E-state index < -0.39 is 0 Å². The molecule has 2 N–H and O–H groups in total. The molecule has 0 spiro atoms. The predicted octanol–water partition coefficient (Wildman–Crippen LogP) is 2.18. The molecule has 0 amide bonds. The normalized spacial score (nSPS) is 25.8. The summed E-state index contributed by atoms with van der Waals surface area (Å²) in [7, 11) is 1.69. The summed E-state index contributed by atoms with van der Waals surface area (Å²) in [5.41, 5.74) is 7.58. The second-order valence-corrected chi connectivity index (χ2v) is 4.65. The maximum atomic E-state index is 6.27. The fourth-order valence-electron chi connectivity index (χ4n) is 2.71. The van der Waals surface area contributed by atoms with E-state index in [2.05, 4.69) is 24.0 Å². The van der Waals surface area contributed by atoms with Crippen LogP contribution in [0.25, 0.3) is 0 Å². The van der Waals surface area contributed by atoms with Gasteiger partial charge in [-0.1, -0.05) is 19.1 Å². The Morgan fingerprint density at radius 1 is 1.35 bits per heavy atom. The highest BCUT2D eigenvalue weighted by Gasteiger charge is 2.29. The van der Waals surface area contributed by atoms with E-state index in [4.69, 9.17) is 10.5 Å². The predicted molar refractivity (Wildman–Crippen MR) is 70.2 cm³/mol. The molecule has 3 heteroatoms. The topological polar surface area (TPSA) is 38.5 Å².